The summed E-state index contributed by atoms with van der Waals surface area (Å²) in [6, 6.07) is 8.02. The fraction of sp³-hybridized carbons (Fsp3) is 0.286. The van der Waals surface area contributed by atoms with E-state index >= 15 is 0 Å². The molecule has 0 aliphatic carbocycles. The van der Waals surface area contributed by atoms with E-state index in [1.54, 1.807) is 10.8 Å². The summed E-state index contributed by atoms with van der Waals surface area (Å²) >= 11 is 11.2. The number of amides is 1. The first-order chi connectivity index (χ1) is 14.4. The molecule has 5 nitrogen and oxygen atoms in total. The zero-order chi connectivity index (χ0) is 21.3. The third-order valence-electron chi connectivity index (χ3n) is 5.27. The number of aromatic nitrogens is 3. The number of hydrogen-bond acceptors (Lipinski definition) is 3. The highest BCUT2D eigenvalue weighted by molar-refractivity contribution is 7.71. The van der Waals surface area contributed by atoms with E-state index in [0.717, 1.165) is 11.4 Å². The Morgan fingerprint density at radius 3 is 2.87 bits per heavy atom. The number of pyridine rings is 1. The van der Waals surface area contributed by atoms with Gasteiger partial charge in [0.1, 0.15) is 11.6 Å². The SMILES string of the molecule is Cl.O=C(Cc1[nH]c(=S)n2c1C[C@@H](c1c(F)ccc(Cl)c1F)C2)NCCc1ccccn1. The molecule has 1 atom stereocenters. The first-order valence-corrected chi connectivity index (χ1v) is 10.3. The molecule has 0 unspecified atom stereocenters. The van der Waals surface area contributed by atoms with Crippen molar-refractivity contribution in [3.05, 3.63) is 80.6 Å². The van der Waals surface area contributed by atoms with Gasteiger partial charge in [0.25, 0.3) is 0 Å². The zero-order valence-corrected chi connectivity index (χ0v) is 18.7. The van der Waals surface area contributed by atoms with Crippen LogP contribution in [0.1, 0.15) is 28.6 Å². The number of fused-ring (bicyclic) bond motifs is 1. The summed E-state index contributed by atoms with van der Waals surface area (Å²) in [6.07, 6.45) is 2.83. The molecule has 1 amide bonds. The van der Waals surface area contributed by atoms with Crippen molar-refractivity contribution in [2.24, 2.45) is 0 Å². The second kappa shape index (κ2) is 9.89. The average Bonchev–Trinajstić information content (AvgIpc) is 3.27. The van der Waals surface area contributed by atoms with Crippen LogP contribution in [0.4, 0.5) is 8.78 Å². The predicted molar refractivity (Wildman–Crippen MR) is 119 cm³/mol. The van der Waals surface area contributed by atoms with Crippen molar-refractivity contribution in [1.29, 1.82) is 0 Å². The van der Waals surface area contributed by atoms with E-state index in [2.05, 4.69) is 15.3 Å². The van der Waals surface area contributed by atoms with Gasteiger partial charge in [-0.15, -0.1) is 12.4 Å². The molecule has 4 rings (SSSR count). The Morgan fingerprint density at radius 1 is 1.32 bits per heavy atom. The highest BCUT2D eigenvalue weighted by atomic mass is 35.5. The zero-order valence-electron chi connectivity index (χ0n) is 16.3. The molecule has 2 N–H and O–H groups in total. The minimum Gasteiger partial charge on any atom is -0.355 e. The maximum absolute atomic E-state index is 14.5. The van der Waals surface area contributed by atoms with E-state index in [-0.39, 0.29) is 35.3 Å². The number of rotatable bonds is 6. The summed E-state index contributed by atoms with van der Waals surface area (Å²) in [5.41, 5.74) is 2.33. The van der Waals surface area contributed by atoms with Gasteiger partial charge in [0.2, 0.25) is 5.91 Å². The second-order valence-corrected chi connectivity index (χ2v) is 8.02. The second-order valence-electron chi connectivity index (χ2n) is 7.22. The van der Waals surface area contributed by atoms with Crippen molar-refractivity contribution < 1.29 is 13.6 Å². The Morgan fingerprint density at radius 2 is 2.13 bits per heavy atom. The summed E-state index contributed by atoms with van der Waals surface area (Å²) in [7, 11) is 0. The van der Waals surface area contributed by atoms with Crippen LogP contribution < -0.4 is 5.32 Å². The summed E-state index contributed by atoms with van der Waals surface area (Å²) in [5.74, 6) is -1.96. The van der Waals surface area contributed by atoms with Crippen LogP contribution in [0, 0.1) is 16.4 Å². The molecule has 1 aliphatic heterocycles. The lowest BCUT2D eigenvalue weighted by atomic mass is 9.95. The highest BCUT2D eigenvalue weighted by Crippen LogP contribution is 2.36. The van der Waals surface area contributed by atoms with Crippen LogP contribution in [0.3, 0.4) is 0 Å². The maximum atomic E-state index is 14.5. The summed E-state index contributed by atoms with van der Waals surface area (Å²) < 4.78 is 31.0. The molecule has 3 heterocycles. The number of carbonyl (C=O) groups excluding carboxylic acids is 1. The molecule has 0 saturated carbocycles. The minimum atomic E-state index is -0.740. The Kier molecular flexibility index (Phi) is 7.46. The maximum Gasteiger partial charge on any atom is 0.226 e. The van der Waals surface area contributed by atoms with Gasteiger partial charge < -0.3 is 14.9 Å². The van der Waals surface area contributed by atoms with Crippen LogP contribution in [-0.4, -0.2) is 27.0 Å². The molecule has 164 valence electrons. The number of aromatic amines is 1. The van der Waals surface area contributed by atoms with E-state index < -0.39 is 17.6 Å². The molecule has 31 heavy (non-hydrogen) atoms. The lowest BCUT2D eigenvalue weighted by molar-refractivity contribution is -0.120. The number of nitrogens with zero attached hydrogens (tertiary/aromatic N) is 2. The molecule has 1 aliphatic rings. The Labute approximate surface area is 194 Å². The molecule has 10 heteroatoms. The molecule has 2 aromatic heterocycles. The number of H-pyrrole nitrogens is 1. The van der Waals surface area contributed by atoms with Gasteiger partial charge in [-0.3, -0.25) is 9.78 Å². The van der Waals surface area contributed by atoms with Gasteiger partial charge in [-0.1, -0.05) is 17.7 Å². The Hall–Kier alpha value is -2.29. The van der Waals surface area contributed by atoms with Crippen LogP contribution in [0.2, 0.25) is 5.02 Å². The van der Waals surface area contributed by atoms with E-state index in [0.29, 0.717) is 36.4 Å². The fourth-order valence-electron chi connectivity index (χ4n) is 3.85. The van der Waals surface area contributed by atoms with Crippen molar-refractivity contribution >= 4 is 42.1 Å². The Bertz CT molecular complexity index is 1150. The molecular formula is C21H20Cl2F2N4OS. The van der Waals surface area contributed by atoms with Gasteiger partial charge >= 0.3 is 0 Å². The number of benzene rings is 1. The first kappa shape index (κ1) is 23.4. The van der Waals surface area contributed by atoms with Gasteiger partial charge in [-0.25, -0.2) is 8.78 Å². The van der Waals surface area contributed by atoms with Gasteiger partial charge in [-0.05, 0) is 42.9 Å². The average molecular weight is 485 g/mol. The van der Waals surface area contributed by atoms with Crippen LogP contribution in [0.15, 0.2) is 36.5 Å². The largest absolute Gasteiger partial charge is 0.355 e. The molecule has 0 radical (unpaired) electrons. The van der Waals surface area contributed by atoms with Gasteiger partial charge in [-0.2, -0.15) is 0 Å². The standard InChI is InChI=1S/C21H19ClF2N4OS.ClH/c22-14-4-5-15(23)19(20(14)24)12-9-17-16(27-21(30)28(17)11-12)10-18(29)26-8-6-13-3-1-2-7-25-13;/h1-5,7,12H,6,8-11H2,(H,26,29)(H,27,30);1H/t12-;/m1./s1. The lowest BCUT2D eigenvalue weighted by Crippen LogP contribution is -2.27. The third-order valence-corrected chi connectivity index (χ3v) is 5.89. The summed E-state index contributed by atoms with van der Waals surface area (Å²) in [5, 5.41) is 2.76. The lowest BCUT2D eigenvalue weighted by Gasteiger charge is -2.13. The quantitative estimate of drug-likeness (QED) is 0.398. The molecule has 0 spiro atoms. The molecular weight excluding hydrogens is 465 g/mol. The van der Waals surface area contributed by atoms with Gasteiger partial charge in [0, 0.05) is 54.3 Å². The monoisotopic (exact) mass is 484 g/mol. The van der Waals surface area contributed by atoms with Crippen molar-refractivity contribution in [1.82, 2.24) is 19.9 Å². The van der Waals surface area contributed by atoms with Crippen LogP contribution in [-0.2, 0) is 30.6 Å². The van der Waals surface area contributed by atoms with Crippen molar-refractivity contribution in [2.75, 3.05) is 6.54 Å². The fourth-order valence-corrected chi connectivity index (χ4v) is 4.33. The normalized spacial score (nSPS) is 14.7. The van der Waals surface area contributed by atoms with Crippen molar-refractivity contribution in [2.45, 2.75) is 31.7 Å². The number of imidazole rings is 1. The summed E-state index contributed by atoms with van der Waals surface area (Å²) in [4.78, 5) is 19.7. The van der Waals surface area contributed by atoms with Gasteiger partial charge in [0.05, 0.1) is 11.4 Å². The van der Waals surface area contributed by atoms with Crippen LogP contribution in [0.5, 0.6) is 0 Å². The molecule has 0 bridgehead atoms. The summed E-state index contributed by atoms with van der Waals surface area (Å²) in [6.45, 7) is 0.800. The first-order valence-electron chi connectivity index (χ1n) is 9.54. The molecule has 1 aromatic carbocycles. The minimum absolute atomic E-state index is 0. The smallest absolute Gasteiger partial charge is 0.226 e. The van der Waals surface area contributed by atoms with Crippen LogP contribution in [0.25, 0.3) is 0 Å². The number of halogens is 4. The number of hydrogen-bond donors (Lipinski definition) is 2. The van der Waals surface area contributed by atoms with Crippen molar-refractivity contribution in [3.8, 4) is 0 Å². The molecule has 3 aromatic rings. The third kappa shape index (κ3) is 4.97. The van der Waals surface area contributed by atoms with E-state index in [1.807, 2.05) is 18.2 Å². The van der Waals surface area contributed by atoms with Crippen molar-refractivity contribution in [3.63, 3.8) is 0 Å². The molecule has 0 fully saturated rings. The Balaban J connectivity index is 0.00000272. The van der Waals surface area contributed by atoms with Gasteiger partial charge in [0.15, 0.2) is 4.77 Å². The van der Waals surface area contributed by atoms with Crippen LogP contribution >= 0.6 is 36.2 Å². The van der Waals surface area contributed by atoms with E-state index in [4.69, 9.17) is 23.8 Å². The molecule has 0 saturated heterocycles. The van der Waals surface area contributed by atoms with E-state index in [9.17, 15) is 13.6 Å². The number of carbonyl (C=O) groups is 1. The predicted octanol–water partition coefficient (Wildman–Crippen LogP) is 4.54. The number of nitrogens with one attached hydrogen (secondary N) is 2. The van der Waals surface area contributed by atoms with E-state index in [1.165, 1.54) is 12.1 Å². The topological polar surface area (TPSA) is 62.7 Å². The highest BCUT2D eigenvalue weighted by Gasteiger charge is 2.31.